The molecule has 1 fully saturated rings. The van der Waals surface area contributed by atoms with Gasteiger partial charge in [-0.3, -0.25) is 9.59 Å². The van der Waals surface area contributed by atoms with Crippen molar-refractivity contribution in [2.45, 2.75) is 65.5 Å². The highest BCUT2D eigenvalue weighted by atomic mass is 16.2. The molecule has 22 heavy (non-hydrogen) atoms. The van der Waals surface area contributed by atoms with Gasteiger partial charge in [0.05, 0.1) is 6.04 Å². The Morgan fingerprint density at radius 3 is 2.23 bits per heavy atom. The molecule has 0 spiro atoms. The van der Waals surface area contributed by atoms with E-state index in [2.05, 4.69) is 36.6 Å². The smallest absolute Gasteiger partial charge is 0.309 e. The molecule has 0 aromatic heterocycles. The molecule has 1 atom stereocenters. The van der Waals surface area contributed by atoms with Gasteiger partial charge in [0, 0.05) is 6.04 Å². The first-order valence-corrected chi connectivity index (χ1v) is 8.07. The molecule has 2 rings (SSSR count). The average molecular weight is 302 g/mol. The van der Waals surface area contributed by atoms with Crippen LogP contribution in [0.5, 0.6) is 0 Å². The van der Waals surface area contributed by atoms with Crippen molar-refractivity contribution in [3.05, 3.63) is 34.4 Å². The molecule has 1 aliphatic carbocycles. The molecule has 1 unspecified atom stereocenters. The van der Waals surface area contributed by atoms with Crippen LogP contribution in [0.4, 0.5) is 0 Å². The predicted molar refractivity (Wildman–Crippen MR) is 87.6 cm³/mol. The first-order chi connectivity index (χ1) is 10.4. The minimum Gasteiger partial charge on any atom is -0.345 e. The van der Waals surface area contributed by atoms with Gasteiger partial charge in [0.25, 0.3) is 0 Å². The second-order valence-electron chi connectivity index (χ2n) is 6.44. The third-order valence-corrected chi connectivity index (χ3v) is 4.59. The topological polar surface area (TPSA) is 58.2 Å². The molecular formula is C18H26N2O2. The van der Waals surface area contributed by atoms with E-state index in [0.717, 1.165) is 36.8 Å². The van der Waals surface area contributed by atoms with Crippen LogP contribution >= 0.6 is 0 Å². The zero-order valence-corrected chi connectivity index (χ0v) is 14.0. The van der Waals surface area contributed by atoms with E-state index in [9.17, 15) is 9.59 Å². The highest BCUT2D eigenvalue weighted by Crippen LogP contribution is 2.21. The molecule has 1 aliphatic rings. The van der Waals surface area contributed by atoms with E-state index in [1.54, 1.807) is 0 Å². The maximum absolute atomic E-state index is 12.1. The summed E-state index contributed by atoms with van der Waals surface area (Å²) in [6.07, 6.45) is 4.21. The summed E-state index contributed by atoms with van der Waals surface area (Å²) in [4.78, 5) is 24.0. The summed E-state index contributed by atoms with van der Waals surface area (Å²) in [6.45, 7) is 8.07. The van der Waals surface area contributed by atoms with E-state index in [4.69, 9.17) is 0 Å². The van der Waals surface area contributed by atoms with Crippen molar-refractivity contribution in [2.24, 2.45) is 0 Å². The highest BCUT2D eigenvalue weighted by Gasteiger charge is 2.23. The maximum atomic E-state index is 12.1. The number of rotatable bonds is 3. The van der Waals surface area contributed by atoms with Crippen molar-refractivity contribution in [1.29, 1.82) is 0 Å². The fourth-order valence-corrected chi connectivity index (χ4v) is 3.11. The first-order valence-electron chi connectivity index (χ1n) is 8.07. The summed E-state index contributed by atoms with van der Waals surface area (Å²) in [5.41, 5.74) is 4.62. The van der Waals surface area contributed by atoms with Crippen LogP contribution in [0.25, 0.3) is 0 Å². The highest BCUT2D eigenvalue weighted by molar-refractivity contribution is 6.35. The van der Waals surface area contributed by atoms with Crippen molar-refractivity contribution in [2.75, 3.05) is 0 Å². The van der Waals surface area contributed by atoms with Crippen LogP contribution in [0.15, 0.2) is 12.1 Å². The lowest BCUT2D eigenvalue weighted by Gasteiger charge is -2.19. The van der Waals surface area contributed by atoms with Gasteiger partial charge < -0.3 is 10.6 Å². The normalized spacial score (nSPS) is 16.4. The third-order valence-electron chi connectivity index (χ3n) is 4.59. The molecular weight excluding hydrogens is 276 g/mol. The van der Waals surface area contributed by atoms with Crippen molar-refractivity contribution < 1.29 is 9.59 Å². The van der Waals surface area contributed by atoms with Crippen molar-refractivity contribution in [3.63, 3.8) is 0 Å². The van der Waals surface area contributed by atoms with Crippen LogP contribution in [-0.4, -0.2) is 17.9 Å². The standard InChI is InChI=1S/C18H26N2O2/c1-11-9-13(3)16(10-12(11)2)14(4)19-17(21)18(22)20-15-7-5-6-8-15/h9-10,14-15H,5-8H2,1-4H3,(H,19,21)(H,20,22). The SMILES string of the molecule is Cc1cc(C)c(C(C)NC(=O)C(=O)NC2CCCC2)cc1C. The molecule has 1 saturated carbocycles. The van der Waals surface area contributed by atoms with Crippen molar-refractivity contribution >= 4 is 11.8 Å². The number of hydrogen-bond acceptors (Lipinski definition) is 2. The maximum Gasteiger partial charge on any atom is 0.309 e. The average Bonchev–Trinajstić information content (AvgIpc) is 2.95. The van der Waals surface area contributed by atoms with Crippen molar-refractivity contribution in [1.82, 2.24) is 10.6 Å². The summed E-state index contributed by atoms with van der Waals surface area (Å²) in [5.74, 6) is -1.06. The quantitative estimate of drug-likeness (QED) is 0.844. The molecule has 0 saturated heterocycles. The molecule has 2 N–H and O–H groups in total. The number of aryl methyl sites for hydroxylation is 3. The van der Waals surface area contributed by atoms with Crippen LogP contribution < -0.4 is 10.6 Å². The lowest BCUT2D eigenvalue weighted by molar-refractivity contribution is -0.140. The van der Waals surface area contributed by atoms with Gasteiger partial charge in [-0.25, -0.2) is 0 Å². The predicted octanol–water partition coefficient (Wildman–Crippen LogP) is 2.85. The molecule has 0 radical (unpaired) electrons. The Morgan fingerprint density at radius 1 is 1.00 bits per heavy atom. The zero-order chi connectivity index (χ0) is 16.3. The van der Waals surface area contributed by atoms with Crippen LogP contribution in [0.1, 0.15) is 60.9 Å². The Balaban J connectivity index is 1.98. The Labute approximate surface area is 132 Å². The lowest BCUT2D eigenvalue weighted by atomic mass is 9.96. The number of hydrogen-bond donors (Lipinski definition) is 2. The van der Waals surface area contributed by atoms with Crippen LogP contribution in [0.2, 0.25) is 0 Å². The van der Waals surface area contributed by atoms with Gasteiger partial charge in [-0.2, -0.15) is 0 Å². The second-order valence-corrected chi connectivity index (χ2v) is 6.44. The van der Waals surface area contributed by atoms with E-state index in [1.165, 1.54) is 11.1 Å². The van der Waals surface area contributed by atoms with Crippen LogP contribution in [0.3, 0.4) is 0 Å². The van der Waals surface area contributed by atoms with Crippen molar-refractivity contribution in [3.8, 4) is 0 Å². The summed E-state index contributed by atoms with van der Waals surface area (Å²) in [6, 6.07) is 4.19. The van der Waals surface area contributed by atoms with E-state index in [-0.39, 0.29) is 12.1 Å². The molecule has 120 valence electrons. The fourth-order valence-electron chi connectivity index (χ4n) is 3.11. The van der Waals surface area contributed by atoms with E-state index in [1.807, 2.05) is 13.8 Å². The molecule has 1 aromatic carbocycles. The number of carbonyl (C=O) groups excluding carboxylic acids is 2. The van der Waals surface area contributed by atoms with Gasteiger partial charge in [0.1, 0.15) is 0 Å². The summed E-state index contributed by atoms with van der Waals surface area (Å²) < 4.78 is 0. The molecule has 2 amide bonds. The Morgan fingerprint density at radius 2 is 1.59 bits per heavy atom. The largest absolute Gasteiger partial charge is 0.345 e. The Hall–Kier alpha value is -1.84. The Kier molecular flexibility index (Phi) is 5.22. The lowest BCUT2D eigenvalue weighted by Crippen LogP contribution is -2.44. The summed E-state index contributed by atoms with van der Waals surface area (Å²) >= 11 is 0. The van der Waals surface area contributed by atoms with Gasteiger partial charge in [-0.05, 0) is 62.8 Å². The molecule has 4 nitrogen and oxygen atoms in total. The molecule has 1 aromatic rings. The van der Waals surface area contributed by atoms with Gasteiger partial charge in [0.2, 0.25) is 0 Å². The first kappa shape index (κ1) is 16.5. The summed E-state index contributed by atoms with van der Waals surface area (Å²) in [5, 5.41) is 5.63. The number of amides is 2. The van der Waals surface area contributed by atoms with E-state index < -0.39 is 11.8 Å². The van der Waals surface area contributed by atoms with E-state index in [0.29, 0.717) is 0 Å². The number of benzene rings is 1. The minimum atomic E-state index is -0.544. The molecule has 0 heterocycles. The molecule has 0 aliphatic heterocycles. The summed E-state index contributed by atoms with van der Waals surface area (Å²) in [7, 11) is 0. The molecule has 0 bridgehead atoms. The number of nitrogens with one attached hydrogen (secondary N) is 2. The zero-order valence-electron chi connectivity index (χ0n) is 14.0. The fraction of sp³-hybridized carbons (Fsp3) is 0.556. The van der Waals surface area contributed by atoms with Crippen LogP contribution in [-0.2, 0) is 9.59 Å². The third kappa shape index (κ3) is 3.87. The van der Waals surface area contributed by atoms with Gasteiger partial charge in [0.15, 0.2) is 0 Å². The van der Waals surface area contributed by atoms with E-state index >= 15 is 0 Å². The number of carbonyl (C=O) groups is 2. The van der Waals surface area contributed by atoms with Crippen LogP contribution in [0, 0.1) is 20.8 Å². The second kappa shape index (κ2) is 6.95. The molecule has 4 heteroatoms. The van der Waals surface area contributed by atoms with Gasteiger partial charge >= 0.3 is 11.8 Å². The van der Waals surface area contributed by atoms with Gasteiger partial charge in [-0.1, -0.05) is 25.0 Å². The van der Waals surface area contributed by atoms with Gasteiger partial charge in [-0.15, -0.1) is 0 Å². The Bertz CT molecular complexity index is 575. The minimum absolute atomic E-state index is 0.164. The monoisotopic (exact) mass is 302 g/mol.